The Labute approximate surface area is 116 Å². The highest BCUT2D eigenvalue weighted by Gasteiger charge is 2.15. The Balaban J connectivity index is 2.09. The fraction of sp³-hybridized carbons (Fsp3) is 0.214. The van der Waals surface area contributed by atoms with E-state index in [0.717, 1.165) is 5.69 Å². The highest BCUT2D eigenvalue weighted by Crippen LogP contribution is 2.23. The average molecular weight is 280 g/mol. The van der Waals surface area contributed by atoms with Gasteiger partial charge in [0.15, 0.2) is 0 Å². The van der Waals surface area contributed by atoms with Gasteiger partial charge < -0.3 is 14.5 Å². The van der Waals surface area contributed by atoms with Crippen LogP contribution in [0.2, 0.25) is 5.02 Å². The zero-order valence-corrected chi connectivity index (χ0v) is 11.4. The summed E-state index contributed by atoms with van der Waals surface area (Å²) in [5, 5.41) is 3.90. The number of hydrogen-bond acceptors (Lipinski definition) is 4. The Morgan fingerprint density at radius 2 is 2.16 bits per heavy atom. The van der Waals surface area contributed by atoms with Gasteiger partial charge in [-0.2, -0.15) is 0 Å². The van der Waals surface area contributed by atoms with Gasteiger partial charge in [-0.1, -0.05) is 17.7 Å². The molecule has 1 heterocycles. The number of halogens is 1. The van der Waals surface area contributed by atoms with Crippen molar-refractivity contribution in [2.75, 3.05) is 12.4 Å². The second-order valence-corrected chi connectivity index (χ2v) is 4.51. The highest BCUT2D eigenvalue weighted by molar-refractivity contribution is 6.30. The molecule has 0 aliphatic carbocycles. The minimum Gasteiger partial charge on any atom is -0.463 e. The lowest BCUT2D eigenvalue weighted by molar-refractivity contribution is 0.0562. The van der Waals surface area contributed by atoms with Gasteiger partial charge in [-0.15, -0.1) is 0 Å². The molecule has 0 fully saturated rings. The molecule has 0 spiro atoms. The molecule has 5 heteroatoms. The first-order valence-electron chi connectivity index (χ1n) is 5.80. The third kappa shape index (κ3) is 3.29. The number of methoxy groups -OCH3 is 1. The van der Waals surface area contributed by atoms with Crippen molar-refractivity contribution in [1.82, 2.24) is 0 Å². The standard InChI is InChI=1S/C14H14ClNO3/c1-9(16-11-5-3-4-10(15)8-11)12-6-7-13(19-12)14(17)18-2/h3-9,16H,1-2H3. The van der Waals surface area contributed by atoms with E-state index in [-0.39, 0.29) is 11.8 Å². The molecule has 0 aliphatic heterocycles. The fourth-order valence-electron chi connectivity index (χ4n) is 1.70. The van der Waals surface area contributed by atoms with E-state index in [1.165, 1.54) is 7.11 Å². The van der Waals surface area contributed by atoms with E-state index in [1.54, 1.807) is 18.2 Å². The molecule has 0 bridgehead atoms. The van der Waals surface area contributed by atoms with E-state index in [4.69, 9.17) is 16.0 Å². The molecule has 2 aromatic rings. The zero-order valence-electron chi connectivity index (χ0n) is 10.6. The molecular formula is C14H14ClNO3. The minimum atomic E-state index is -0.485. The highest BCUT2D eigenvalue weighted by atomic mass is 35.5. The maximum atomic E-state index is 11.3. The van der Waals surface area contributed by atoms with Gasteiger partial charge in [0.25, 0.3) is 0 Å². The lowest BCUT2D eigenvalue weighted by Crippen LogP contribution is -2.05. The smallest absolute Gasteiger partial charge is 0.373 e. The molecule has 2 rings (SSSR count). The summed E-state index contributed by atoms with van der Waals surface area (Å²) in [6.45, 7) is 1.93. The zero-order chi connectivity index (χ0) is 13.8. The summed E-state index contributed by atoms with van der Waals surface area (Å²) in [6.07, 6.45) is 0. The molecule has 4 nitrogen and oxygen atoms in total. The number of anilines is 1. The number of carbonyl (C=O) groups excluding carboxylic acids is 1. The molecule has 1 aromatic carbocycles. The lowest BCUT2D eigenvalue weighted by atomic mass is 10.2. The number of carbonyl (C=O) groups is 1. The van der Waals surface area contributed by atoms with Gasteiger partial charge in [0.2, 0.25) is 5.76 Å². The van der Waals surface area contributed by atoms with Crippen molar-refractivity contribution in [3.8, 4) is 0 Å². The van der Waals surface area contributed by atoms with Gasteiger partial charge >= 0.3 is 5.97 Å². The second-order valence-electron chi connectivity index (χ2n) is 4.07. The van der Waals surface area contributed by atoms with E-state index < -0.39 is 5.97 Å². The van der Waals surface area contributed by atoms with Crippen LogP contribution in [0, 0.1) is 0 Å². The van der Waals surface area contributed by atoms with Crippen molar-refractivity contribution in [1.29, 1.82) is 0 Å². The Kier molecular flexibility index (Phi) is 4.12. The molecule has 1 atom stereocenters. The van der Waals surface area contributed by atoms with Gasteiger partial charge in [0.1, 0.15) is 5.76 Å². The van der Waals surface area contributed by atoms with Crippen LogP contribution in [0.1, 0.15) is 29.3 Å². The Morgan fingerprint density at radius 3 is 2.84 bits per heavy atom. The van der Waals surface area contributed by atoms with E-state index in [0.29, 0.717) is 10.8 Å². The van der Waals surface area contributed by atoms with Gasteiger partial charge in [0, 0.05) is 10.7 Å². The number of benzene rings is 1. The summed E-state index contributed by atoms with van der Waals surface area (Å²) in [7, 11) is 1.32. The average Bonchev–Trinajstić information content (AvgIpc) is 2.87. The third-order valence-electron chi connectivity index (χ3n) is 2.65. The molecule has 19 heavy (non-hydrogen) atoms. The summed E-state index contributed by atoms with van der Waals surface area (Å²) in [4.78, 5) is 11.3. The Bertz CT molecular complexity index is 580. The summed E-state index contributed by atoms with van der Waals surface area (Å²) >= 11 is 5.91. The van der Waals surface area contributed by atoms with Crippen molar-refractivity contribution in [3.63, 3.8) is 0 Å². The largest absolute Gasteiger partial charge is 0.463 e. The van der Waals surface area contributed by atoms with Crippen LogP contribution in [-0.4, -0.2) is 13.1 Å². The van der Waals surface area contributed by atoms with Gasteiger partial charge in [-0.05, 0) is 37.3 Å². The van der Waals surface area contributed by atoms with E-state index in [1.807, 2.05) is 25.1 Å². The van der Waals surface area contributed by atoms with Crippen molar-refractivity contribution < 1.29 is 13.9 Å². The topological polar surface area (TPSA) is 51.5 Å². The molecule has 1 N–H and O–H groups in total. The third-order valence-corrected chi connectivity index (χ3v) is 2.88. The molecule has 0 radical (unpaired) electrons. The van der Waals surface area contributed by atoms with Crippen LogP contribution in [0.5, 0.6) is 0 Å². The molecule has 0 saturated carbocycles. The molecule has 0 amide bonds. The minimum absolute atomic E-state index is 0.0862. The molecule has 0 aliphatic rings. The number of hydrogen-bond donors (Lipinski definition) is 1. The first-order valence-corrected chi connectivity index (χ1v) is 6.18. The Morgan fingerprint density at radius 1 is 1.37 bits per heavy atom. The normalized spacial score (nSPS) is 11.9. The predicted molar refractivity (Wildman–Crippen MR) is 73.5 cm³/mol. The van der Waals surface area contributed by atoms with Gasteiger partial charge in [-0.3, -0.25) is 0 Å². The van der Waals surface area contributed by atoms with Crippen LogP contribution in [0.3, 0.4) is 0 Å². The van der Waals surface area contributed by atoms with E-state index >= 15 is 0 Å². The first kappa shape index (κ1) is 13.5. The monoisotopic (exact) mass is 279 g/mol. The fourth-order valence-corrected chi connectivity index (χ4v) is 1.89. The predicted octanol–water partition coefficient (Wildman–Crippen LogP) is 3.89. The van der Waals surface area contributed by atoms with Crippen LogP contribution in [-0.2, 0) is 4.74 Å². The summed E-state index contributed by atoms with van der Waals surface area (Å²) in [5.74, 6) is 0.360. The summed E-state index contributed by atoms with van der Waals surface area (Å²) < 4.78 is 10.0. The van der Waals surface area contributed by atoms with Crippen molar-refractivity contribution >= 4 is 23.3 Å². The number of furan rings is 1. The van der Waals surface area contributed by atoms with Crippen LogP contribution in [0.25, 0.3) is 0 Å². The Hall–Kier alpha value is -1.94. The van der Waals surface area contributed by atoms with E-state index in [2.05, 4.69) is 10.1 Å². The summed E-state index contributed by atoms with van der Waals surface area (Å²) in [6, 6.07) is 10.6. The lowest BCUT2D eigenvalue weighted by Gasteiger charge is -2.13. The van der Waals surface area contributed by atoms with Gasteiger partial charge in [-0.25, -0.2) is 4.79 Å². The SMILES string of the molecule is COC(=O)c1ccc(C(C)Nc2cccc(Cl)c2)o1. The van der Waals surface area contributed by atoms with Crippen LogP contribution in [0.4, 0.5) is 5.69 Å². The second kappa shape index (κ2) is 5.80. The molecule has 1 aromatic heterocycles. The number of rotatable bonds is 4. The van der Waals surface area contributed by atoms with Crippen LogP contribution >= 0.6 is 11.6 Å². The first-order chi connectivity index (χ1) is 9.10. The number of nitrogens with one attached hydrogen (secondary N) is 1. The number of ether oxygens (including phenoxy) is 1. The van der Waals surface area contributed by atoms with Crippen molar-refractivity contribution in [3.05, 3.63) is 52.9 Å². The maximum Gasteiger partial charge on any atom is 0.373 e. The van der Waals surface area contributed by atoms with Crippen molar-refractivity contribution in [2.45, 2.75) is 13.0 Å². The molecular weight excluding hydrogens is 266 g/mol. The summed E-state index contributed by atoms with van der Waals surface area (Å²) in [5.41, 5.74) is 0.885. The van der Waals surface area contributed by atoms with Crippen LogP contribution < -0.4 is 5.32 Å². The molecule has 1 unspecified atom stereocenters. The molecule has 100 valence electrons. The number of esters is 1. The van der Waals surface area contributed by atoms with Crippen molar-refractivity contribution in [2.24, 2.45) is 0 Å². The van der Waals surface area contributed by atoms with Gasteiger partial charge in [0.05, 0.1) is 13.2 Å². The van der Waals surface area contributed by atoms with E-state index in [9.17, 15) is 4.79 Å². The quantitative estimate of drug-likeness (QED) is 0.863. The molecule has 0 saturated heterocycles. The van der Waals surface area contributed by atoms with Crippen LogP contribution in [0.15, 0.2) is 40.8 Å². The maximum absolute atomic E-state index is 11.3.